The van der Waals surface area contributed by atoms with Gasteiger partial charge in [0.05, 0.1) is 14.2 Å². The maximum atomic E-state index is 12.6. The largest absolute Gasteiger partial charge is 0.505 e. The second kappa shape index (κ2) is 15.7. The molecule has 27 heteroatoms. The van der Waals surface area contributed by atoms with Gasteiger partial charge >= 0.3 is 0 Å². The van der Waals surface area contributed by atoms with Crippen molar-refractivity contribution in [1.82, 2.24) is 0 Å². The van der Waals surface area contributed by atoms with Crippen LogP contribution in [0.4, 0.5) is 34.1 Å². The van der Waals surface area contributed by atoms with E-state index in [1.807, 2.05) is 0 Å². The maximum Gasteiger partial charge on any atom is 0.296 e. The third-order valence-corrected chi connectivity index (χ3v) is 11.9. The molecule has 0 aliphatic heterocycles. The van der Waals surface area contributed by atoms with Gasteiger partial charge in [0.15, 0.2) is 34.5 Å². The second-order valence-corrected chi connectivity index (χ2v) is 18.1. The van der Waals surface area contributed by atoms with Crippen LogP contribution in [0.1, 0.15) is 0 Å². The predicted octanol–water partition coefficient (Wildman–Crippen LogP) is 6.39. The van der Waals surface area contributed by atoms with E-state index in [4.69, 9.17) is 9.47 Å². The number of ether oxygens (including phenoxy) is 2. The van der Waals surface area contributed by atoms with Crippen LogP contribution in [-0.4, -0.2) is 86.5 Å². The molecule has 0 saturated heterocycles. The molecule has 320 valence electrons. The number of anilines is 2. The molecule has 9 N–H and O–H groups in total. The fourth-order valence-corrected chi connectivity index (χ4v) is 8.17. The van der Waals surface area contributed by atoms with Crippen molar-refractivity contribution in [1.29, 1.82) is 0 Å². The van der Waals surface area contributed by atoms with Gasteiger partial charge in [0.1, 0.15) is 42.3 Å². The van der Waals surface area contributed by atoms with E-state index in [2.05, 4.69) is 25.8 Å². The summed E-state index contributed by atoms with van der Waals surface area (Å²) >= 11 is 0. The average molecular weight is 922 g/mol. The van der Waals surface area contributed by atoms with Crippen LogP contribution in [0.2, 0.25) is 0 Å². The van der Waals surface area contributed by atoms with E-state index in [-0.39, 0.29) is 38.7 Å². The summed E-state index contributed by atoms with van der Waals surface area (Å²) in [5, 5.41) is 59.5. The Labute approximate surface area is 343 Å². The molecular weight excluding hydrogens is 895 g/mol. The number of nitrogens with one attached hydrogen (secondary N) is 1. The van der Waals surface area contributed by atoms with Crippen LogP contribution < -0.4 is 14.8 Å². The van der Waals surface area contributed by atoms with Crippen molar-refractivity contribution in [2.75, 3.05) is 19.5 Å². The summed E-state index contributed by atoms with van der Waals surface area (Å²) in [4.78, 5) is -3.56. The van der Waals surface area contributed by atoms with Crippen LogP contribution in [0.5, 0.6) is 34.5 Å². The maximum absolute atomic E-state index is 12.6. The Kier molecular flexibility index (Phi) is 11.3. The van der Waals surface area contributed by atoms with Gasteiger partial charge < -0.3 is 35.2 Å². The van der Waals surface area contributed by atoms with Crippen LogP contribution in [0.15, 0.2) is 113 Å². The minimum Gasteiger partial charge on any atom is -0.505 e. The average Bonchev–Trinajstić information content (AvgIpc) is 3.15. The highest BCUT2D eigenvalue weighted by molar-refractivity contribution is 7.86. The first-order valence-corrected chi connectivity index (χ1v) is 22.0. The van der Waals surface area contributed by atoms with E-state index in [1.54, 1.807) is 0 Å². The molecule has 0 saturated carbocycles. The first-order chi connectivity index (χ1) is 28.3. The SMILES string of the molecule is COc1c(O)cc(S(=O)(=O)O)cc1N=Nc1c(S(=O)(=O)O)cc2cc(Nc3ccc4c(OC)c(N=Nc5cc(S(=O)(=O)O)cc(O)c5O)c(S(=O)(=O)O)cc4c3)ccc2c1O. The summed E-state index contributed by atoms with van der Waals surface area (Å²) in [5.74, 6) is -4.37. The molecule has 6 rings (SSSR count). The molecule has 0 fully saturated rings. The number of azo groups is 2. The van der Waals surface area contributed by atoms with Gasteiger partial charge in [0.2, 0.25) is 0 Å². The zero-order chi connectivity index (χ0) is 45.0. The van der Waals surface area contributed by atoms with Crippen molar-refractivity contribution in [3.8, 4) is 34.5 Å². The summed E-state index contributed by atoms with van der Waals surface area (Å²) in [7, 11) is -17.9. The molecule has 6 aromatic rings. The van der Waals surface area contributed by atoms with Gasteiger partial charge in [-0.05, 0) is 71.4 Å². The Morgan fingerprint density at radius 3 is 1.46 bits per heavy atom. The van der Waals surface area contributed by atoms with Gasteiger partial charge in [0.25, 0.3) is 40.5 Å². The van der Waals surface area contributed by atoms with E-state index in [0.717, 1.165) is 32.4 Å². The van der Waals surface area contributed by atoms with Crippen molar-refractivity contribution in [2.24, 2.45) is 20.5 Å². The molecule has 0 unspecified atom stereocenters. The number of benzene rings is 6. The first kappa shape index (κ1) is 43.8. The molecule has 61 heavy (non-hydrogen) atoms. The molecule has 0 atom stereocenters. The van der Waals surface area contributed by atoms with Crippen molar-refractivity contribution < 1.29 is 81.8 Å². The van der Waals surface area contributed by atoms with Gasteiger partial charge in [-0.3, -0.25) is 18.2 Å². The number of phenolic OH excluding ortho intramolecular Hbond substituents is 4. The Bertz CT molecular complexity index is 3360. The summed E-state index contributed by atoms with van der Waals surface area (Å²) in [6.45, 7) is 0. The normalized spacial score (nSPS) is 12.8. The first-order valence-electron chi connectivity index (χ1n) is 16.2. The molecule has 0 aliphatic carbocycles. The van der Waals surface area contributed by atoms with Gasteiger partial charge in [0, 0.05) is 34.3 Å². The van der Waals surface area contributed by atoms with Gasteiger partial charge in [-0.25, -0.2) is 0 Å². The lowest BCUT2D eigenvalue weighted by Gasteiger charge is -2.14. The van der Waals surface area contributed by atoms with Gasteiger partial charge in [-0.1, -0.05) is 0 Å². The lowest BCUT2D eigenvalue weighted by molar-refractivity contribution is 0.373. The van der Waals surface area contributed by atoms with Crippen molar-refractivity contribution in [3.63, 3.8) is 0 Å². The van der Waals surface area contributed by atoms with E-state index >= 15 is 0 Å². The van der Waals surface area contributed by atoms with E-state index in [0.29, 0.717) is 18.2 Å². The Balaban J connectivity index is 1.41. The molecular formula is C34H27N5O18S4. The third-order valence-electron chi connectivity index (χ3n) is 8.51. The van der Waals surface area contributed by atoms with Gasteiger partial charge in [-0.15, -0.1) is 20.5 Å². The quantitative estimate of drug-likeness (QED) is 0.0364. The molecule has 0 heterocycles. The number of aromatic hydroxyl groups is 4. The minimum atomic E-state index is -5.17. The monoisotopic (exact) mass is 921 g/mol. The molecule has 0 spiro atoms. The fraction of sp³-hybridized carbons (Fsp3) is 0.0588. The number of nitrogens with zero attached hydrogens (tertiary/aromatic N) is 4. The molecule has 0 radical (unpaired) electrons. The molecule has 6 aromatic carbocycles. The van der Waals surface area contributed by atoms with E-state index < -0.39 is 112 Å². The summed E-state index contributed by atoms with van der Waals surface area (Å²) in [6, 6.07) is 12.8. The lowest BCUT2D eigenvalue weighted by Crippen LogP contribution is -2.01. The number of phenols is 4. The van der Waals surface area contributed by atoms with Crippen molar-refractivity contribution in [3.05, 3.63) is 72.8 Å². The Morgan fingerprint density at radius 2 is 0.934 bits per heavy atom. The number of hydrogen-bond donors (Lipinski definition) is 9. The van der Waals surface area contributed by atoms with E-state index in [9.17, 15) is 72.3 Å². The highest BCUT2D eigenvalue weighted by Crippen LogP contribution is 2.47. The Hall–Kier alpha value is -6.72. The minimum absolute atomic E-state index is 0.00488. The highest BCUT2D eigenvalue weighted by Gasteiger charge is 2.26. The smallest absolute Gasteiger partial charge is 0.296 e. The van der Waals surface area contributed by atoms with Crippen molar-refractivity contribution >= 4 is 96.1 Å². The Morgan fingerprint density at radius 1 is 0.475 bits per heavy atom. The molecule has 0 aromatic heterocycles. The highest BCUT2D eigenvalue weighted by atomic mass is 32.2. The van der Waals surface area contributed by atoms with Crippen LogP contribution >= 0.6 is 0 Å². The number of rotatable bonds is 12. The zero-order valence-electron chi connectivity index (χ0n) is 30.5. The van der Waals surface area contributed by atoms with Crippen molar-refractivity contribution in [2.45, 2.75) is 19.6 Å². The molecule has 0 bridgehead atoms. The summed E-state index contributed by atoms with van der Waals surface area (Å²) in [5.41, 5.74) is -2.21. The number of methoxy groups -OCH3 is 2. The van der Waals surface area contributed by atoms with Gasteiger partial charge in [-0.2, -0.15) is 33.7 Å². The van der Waals surface area contributed by atoms with Crippen LogP contribution in [0.25, 0.3) is 21.5 Å². The predicted molar refractivity (Wildman–Crippen MR) is 211 cm³/mol. The van der Waals surface area contributed by atoms with Crippen LogP contribution in [0.3, 0.4) is 0 Å². The molecule has 23 nitrogen and oxygen atoms in total. The molecule has 0 amide bonds. The summed E-state index contributed by atoms with van der Waals surface area (Å²) in [6.07, 6.45) is 0. The van der Waals surface area contributed by atoms with Crippen LogP contribution in [-0.2, 0) is 40.5 Å². The third kappa shape index (κ3) is 8.93. The summed E-state index contributed by atoms with van der Waals surface area (Å²) < 4.78 is 146. The molecule has 0 aliphatic rings. The van der Waals surface area contributed by atoms with Crippen LogP contribution in [0, 0.1) is 0 Å². The number of fused-ring (bicyclic) bond motifs is 2. The number of hydrogen-bond acceptors (Lipinski definition) is 19. The second-order valence-electron chi connectivity index (χ2n) is 12.4. The standard InChI is InChI=1S/C34H27N5O18S4/c1-56-33-22-6-4-18(8-16(22)10-28(61(53,54)55)30(33)39-36-23-11-19(58(44,45)46)13-25(40)32(23)43)35-17-3-5-21-15(7-17)9-27(60(50,51)52)29(31(21)42)38-37-24-12-20(59(47,48)49)14-26(41)34(24)57-2/h3-14,35,40-43H,1-2H3,(H,44,45,46)(H,47,48,49)(H,50,51,52)(H,53,54,55). The lowest BCUT2D eigenvalue weighted by atomic mass is 10.1. The van der Waals surface area contributed by atoms with E-state index in [1.165, 1.54) is 36.4 Å². The topological polar surface area (TPSA) is 378 Å². The fourth-order valence-electron chi connectivity index (χ4n) is 5.82. The zero-order valence-corrected chi connectivity index (χ0v) is 33.8.